The minimum atomic E-state index is -0.243. The summed E-state index contributed by atoms with van der Waals surface area (Å²) in [4.78, 5) is 13.4. The highest BCUT2D eigenvalue weighted by Gasteiger charge is 2.28. The highest BCUT2D eigenvalue weighted by atomic mass is 79.9. The third-order valence-electron chi connectivity index (χ3n) is 3.05. The second kappa shape index (κ2) is 7.25. The summed E-state index contributed by atoms with van der Waals surface area (Å²) in [5, 5.41) is 8.82. The van der Waals surface area contributed by atoms with E-state index in [4.69, 9.17) is 5.11 Å². The van der Waals surface area contributed by atoms with Gasteiger partial charge in [-0.05, 0) is 32.2 Å². The molecule has 1 rings (SSSR count). The summed E-state index contributed by atoms with van der Waals surface area (Å²) in [5.74, 6) is -0.215. The number of rotatable bonds is 6. The summed E-state index contributed by atoms with van der Waals surface area (Å²) >= 11 is 3.34. The largest absolute Gasteiger partial charge is 0.468 e. The first-order valence-corrected chi connectivity index (χ1v) is 6.67. The van der Waals surface area contributed by atoms with Crippen LogP contribution >= 0.6 is 15.9 Å². The SMILES string of the molecule is COC(=O)C(Br)CN1CCCC1CCCO. The Morgan fingerprint density at radius 2 is 2.44 bits per heavy atom. The Balaban J connectivity index is 2.36. The summed E-state index contributed by atoms with van der Waals surface area (Å²) in [7, 11) is 1.41. The average Bonchev–Trinajstić information content (AvgIpc) is 2.72. The number of aliphatic hydroxyl groups excluding tert-OH is 1. The maximum atomic E-state index is 11.3. The van der Waals surface area contributed by atoms with E-state index < -0.39 is 0 Å². The molecule has 1 saturated heterocycles. The van der Waals surface area contributed by atoms with Crippen LogP contribution in [0.5, 0.6) is 0 Å². The third-order valence-corrected chi connectivity index (χ3v) is 3.71. The first kappa shape index (κ1) is 13.9. The van der Waals surface area contributed by atoms with Crippen molar-refractivity contribution in [3.05, 3.63) is 0 Å². The first-order chi connectivity index (χ1) is 7.69. The molecule has 0 amide bonds. The Bertz CT molecular complexity index is 225. The van der Waals surface area contributed by atoms with Crippen molar-refractivity contribution in [1.29, 1.82) is 0 Å². The molecule has 16 heavy (non-hydrogen) atoms. The fraction of sp³-hybridized carbons (Fsp3) is 0.909. The van der Waals surface area contributed by atoms with Crippen molar-refractivity contribution in [2.45, 2.75) is 36.6 Å². The number of halogens is 1. The second-order valence-corrected chi connectivity index (χ2v) is 5.25. The summed E-state index contributed by atoms with van der Waals surface area (Å²) in [6.45, 7) is 1.98. The smallest absolute Gasteiger partial charge is 0.320 e. The first-order valence-electron chi connectivity index (χ1n) is 5.76. The fourth-order valence-corrected chi connectivity index (χ4v) is 2.76. The van der Waals surface area contributed by atoms with Crippen LogP contribution < -0.4 is 0 Å². The van der Waals surface area contributed by atoms with Crippen LogP contribution in [0.2, 0.25) is 0 Å². The Morgan fingerprint density at radius 1 is 1.69 bits per heavy atom. The molecule has 0 aromatic heterocycles. The lowest BCUT2D eigenvalue weighted by molar-refractivity contribution is -0.140. The van der Waals surface area contributed by atoms with Gasteiger partial charge in [0.1, 0.15) is 4.83 Å². The maximum Gasteiger partial charge on any atom is 0.320 e. The Labute approximate surface area is 105 Å². The topological polar surface area (TPSA) is 49.8 Å². The summed E-state index contributed by atoms with van der Waals surface area (Å²) in [5.41, 5.74) is 0. The molecule has 0 aromatic rings. The van der Waals surface area contributed by atoms with Gasteiger partial charge in [0.15, 0.2) is 0 Å². The second-order valence-electron chi connectivity index (χ2n) is 4.15. The zero-order valence-corrected chi connectivity index (χ0v) is 11.3. The highest BCUT2D eigenvalue weighted by molar-refractivity contribution is 9.10. The molecule has 1 aliphatic rings. The van der Waals surface area contributed by atoms with E-state index in [9.17, 15) is 4.79 Å². The molecule has 0 bridgehead atoms. The monoisotopic (exact) mass is 293 g/mol. The van der Waals surface area contributed by atoms with Gasteiger partial charge in [-0.15, -0.1) is 0 Å². The van der Waals surface area contributed by atoms with Crippen molar-refractivity contribution in [2.24, 2.45) is 0 Å². The Hall–Kier alpha value is -0.130. The standard InChI is InChI=1S/C11H20BrNO3/c1-16-11(15)10(12)8-13-6-2-4-9(13)5-3-7-14/h9-10,14H,2-8H2,1H3. The van der Waals surface area contributed by atoms with E-state index in [0.717, 1.165) is 19.4 Å². The summed E-state index contributed by atoms with van der Waals surface area (Å²) < 4.78 is 4.69. The Morgan fingerprint density at radius 3 is 3.06 bits per heavy atom. The number of likely N-dealkylation sites (tertiary alicyclic amines) is 1. The van der Waals surface area contributed by atoms with Gasteiger partial charge >= 0.3 is 5.97 Å². The van der Waals surface area contributed by atoms with Crippen molar-refractivity contribution in [2.75, 3.05) is 26.8 Å². The van der Waals surface area contributed by atoms with Gasteiger partial charge in [-0.3, -0.25) is 9.69 Å². The number of hydrogen-bond donors (Lipinski definition) is 1. The molecule has 94 valence electrons. The zero-order valence-electron chi connectivity index (χ0n) is 9.69. The molecule has 1 fully saturated rings. The number of hydrogen-bond acceptors (Lipinski definition) is 4. The molecule has 0 spiro atoms. The van der Waals surface area contributed by atoms with Gasteiger partial charge in [-0.25, -0.2) is 0 Å². The van der Waals surface area contributed by atoms with Crippen LogP contribution in [0, 0.1) is 0 Å². The normalized spacial score (nSPS) is 23.3. The molecule has 1 N–H and O–H groups in total. The van der Waals surface area contributed by atoms with E-state index in [0.29, 0.717) is 12.6 Å². The predicted octanol–water partition coefficient (Wildman–Crippen LogP) is 1.16. The highest BCUT2D eigenvalue weighted by Crippen LogP contribution is 2.22. The molecular formula is C11H20BrNO3. The molecule has 1 aliphatic heterocycles. The van der Waals surface area contributed by atoms with E-state index in [2.05, 4.69) is 25.6 Å². The number of alkyl halides is 1. The number of nitrogens with zero attached hydrogens (tertiary/aromatic N) is 1. The van der Waals surface area contributed by atoms with Crippen molar-refractivity contribution < 1.29 is 14.6 Å². The molecule has 5 heteroatoms. The van der Waals surface area contributed by atoms with E-state index in [1.165, 1.54) is 20.0 Å². The number of esters is 1. The summed E-state index contributed by atoms with van der Waals surface area (Å²) in [6.07, 6.45) is 4.20. The van der Waals surface area contributed by atoms with Crippen LogP contribution in [0.3, 0.4) is 0 Å². The van der Waals surface area contributed by atoms with Crippen molar-refractivity contribution >= 4 is 21.9 Å². The van der Waals surface area contributed by atoms with Gasteiger partial charge in [-0.2, -0.15) is 0 Å². The van der Waals surface area contributed by atoms with Crippen LogP contribution in [0.15, 0.2) is 0 Å². The van der Waals surface area contributed by atoms with Gasteiger partial charge in [0.25, 0.3) is 0 Å². The van der Waals surface area contributed by atoms with Gasteiger partial charge in [0.2, 0.25) is 0 Å². The molecule has 0 radical (unpaired) electrons. The molecule has 0 aromatic carbocycles. The lowest BCUT2D eigenvalue weighted by Gasteiger charge is -2.25. The number of carbonyl (C=O) groups is 1. The van der Waals surface area contributed by atoms with E-state index in [1.807, 2.05) is 0 Å². The molecular weight excluding hydrogens is 274 g/mol. The molecule has 0 saturated carbocycles. The van der Waals surface area contributed by atoms with E-state index in [1.54, 1.807) is 0 Å². The van der Waals surface area contributed by atoms with Crippen molar-refractivity contribution in [3.63, 3.8) is 0 Å². The predicted molar refractivity (Wildman–Crippen MR) is 65.6 cm³/mol. The van der Waals surface area contributed by atoms with Gasteiger partial charge in [-0.1, -0.05) is 15.9 Å². The third kappa shape index (κ3) is 4.03. The van der Waals surface area contributed by atoms with E-state index in [-0.39, 0.29) is 17.4 Å². The number of aliphatic hydroxyl groups is 1. The average molecular weight is 294 g/mol. The summed E-state index contributed by atoms with van der Waals surface area (Å²) in [6, 6.07) is 0.511. The van der Waals surface area contributed by atoms with Crippen LogP contribution in [0.4, 0.5) is 0 Å². The number of methoxy groups -OCH3 is 1. The Kier molecular flexibility index (Phi) is 6.31. The van der Waals surface area contributed by atoms with Crippen LogP contribution in [0.1, 0.15) is 25.7 Å². The molecule has 4 nitrogen and oxygen atoms in total. The van der Waals surface area contributed by atoms with Crippen LogP contribution in [-0.4, -0.2) is 53.7 Å². The molecule has 2 unspecified atom stereocenters. The lowest BCUT2D eigenvalue weighted by atomic mass is 10.1. The minimum absolute atomic E-state index is 0.215. The maximum absolute atomic E-state index is 11.3. The molecule has 1 heterocycles. The van der Waals surface area contributed by atoms with Crippen molar-refractivity contribution in [3.8, 4) is 0 Å². The number of carbonyl (C=O) groups excluding carboxylic acids is 1. The molecule has 2 atom stereocenters. The van der Waals surface area contributed by atoms with Gasteiger partial charge in [0.05, 0.1) is 7.11 Å². The van der Waals surface area contributed by atoms with Gasteiger partial charge < -0.3 is 9.84 Å². The quantitative estimate of drug-likeness (QED) is 0.590. The minimum Gasteiger partial charge on any atom is -0.468 e. The lowest BCUT2D eigenvalue weighted by Crippen LogP contribution is -2.37. The van der Waals surface area contributed by atoms with Crippen LogP contribution in [-0.2, 0) is 9.53 Å². The van der Waals surface area contributed by atoms with E-state index >= 15 is 0 Å². The zero-order chi connectivity index (χ0) is 12.0. The molecule has 0 aliphatic carbocycles. The van der Waals surface area contributed by atoms with Crippen LogP contribution in [0.25, 0.3) is 0 Å². The van der Waals surface area contributed by atoms with Crippen molar-refractivity contribution in [1.82, 2.24) is 4.90 Å². The number of ether oxygens (including phenoxy) is 1. The van der Waals surface area contributed by atoms with Gasteiger partial charge in [0, 0.05) is 19.2 Å². The fourth-order valence-electron chi connectivity index (χ4n) is 2.20.